The predicted molar refractivity (Wildman–Crippen MR) is 200 cm³/mol. The normalized spacial score (nSPS) is 15.8. The summed E-state index contributed by atoms with van der Waals surface area (Å²) in [6.45, 7) is 9.31. The number of hydrogen-bond donors (Lipinski definition) is 15. The zero-order valence-corrected chi connectivity index (χ0v) is 32.3. The third kappa shape index (κ3) is 46.7. The second kappa shape index (κ2) is 38.9. The Bertz CT molecular complexity index is 980. The molecule has 1 fully saturated rings. The fourth-order valence-corrected chi connectivity index (χ4v) is 2.77. The lowest BCUT2D eigenvalue weighted by Gasteiger charge is -2.11. The van der Waals surface area contributed by atoms with Crippen LogP contribution in [-0.2, 0) is 33.6 Å². The molecule has 7 atom stereocenters. The number of thioether (sulfide) groups is 1. The molecule has 52 heavy (non-hydrogen) atoms. The molecule has 0 saturated carbocycles. The van der Waals surface area contributed by atoms with Gasteiger partial charge in [-0.05, 0) is 56.6 Å². The summed E-state index contributed by atoms with van der Waals surface area (Å²) >= 11 is 5.25. The summed E-state index contributed by atoms with van der Waals surface area (Å²) in [6, 6.07) is -3.91. The Morgan fingerprint density at radius 2 is 1.15 bits per heavy atom. The molecule has 1 aliphatic rings. The standard InChI is InChI=1S/C6H13NO2.C5H11NO2S.C5H9NO2.C5H11NO2.C3H7NO2S.C3H7NO2.C2H5NO2/c1-3-4(2)5(7)6(8)9;1-9-3-2-4(6)5(7)8;7-5(8)4-2-1-3-6-4;1-3(2)4(6)5(7)8;4-2(1-7)3(5)6;1-2(4)3(5)6;3-1-2(4)5/h4-5H,3,7H2,1-2H3,(H,8,9);4H,2-3,6H2,1H3,(H,7,8);4,6H,1-3H2,(H,7,8);3-4H,6H2,1-2H3,(H,7,8);2,7H,1,4H2,(H,5,6);2H,4H2,1H3,(H,5,6);1,3H2,(H,4,5)/t;;4-;;;;/m..0..../s1. The quantitative estimate of drug-likeness (QED) is 0.0866. The molecule has 0 aromatic rings. The van der Waals surface area contributed by atoms with Gasteiger partial charge in [-0.15, -0.1) is 0 Å². The highest BCUT2D eigenvalue weighted by Crippen LogP contribution is 2.04. The summed E-state index contributed by atoms with van der Waals surface area (Å²) in [7, 11) is 0. The molecule has 1 rings (SSSR count). The van der Waals surface area contributed by atoms with Crippen molar-refractivity contribution in [3.8, 4) is 0 Å². The van der Waals surface area contributed by atoms with E-state index in [1.54, 1.807) is 25.6 Å². The monoisotopic (exact) mass is 797 g/mol. The highest BCUT2D eigenvalue weighted by Gasteiger charge is 2.20. The van der Waals surface area contributed by atoms with Crippen molar-refractivity contribution in [1.29, 1.82) is 0 Å². The molecule has 310 valence electrons. The molecule has 0 radical (unpaired) electrons. The molecule has 0 amide bonds. The number of hydrogen-bond acceptors (Lipinski definition) is 16. The number of carboxylic acids is 7. The van der Waals surface area contributed by atoms with Crippen molar-refractivity contribution in [2.75, 3.05) is 30.9 Å². The van der Waals surface area contributed by atoms with E-state index in [4.69, 9.17) is 64.4 Å². The van der Waals surface area contributed by atoms with Gasteiger partial charge < -0.3 is 75.5 Å². The first kappa shape index (κ1) is 60.8. The smallest absolute Gasteiger partial charge is 0.321 e. The maximum atomic E-state index is 10.2. The Morgan fingerprint density at radius 1 is 0.750 bits per heavy atom. The van der Waals surface area contributed by atoms with Crippen LogP contribution in [0.3, 0.4) is 0 Å². The maximum Gasteiger partial charge on any atom is 0.321 e. The van der Waals surface area contributed by atoms with Gasteiger partial charge >= 0.3 is 41.8 Å². The SMILES string of the molecule is CC(C)C(N)C(=O)O.CC(N)C(=O)O.CCC(C)C(N)C(=O)O.CSCCC(N)C(=O)O.NC(CS)C(=O)O.NCC(=O)O.O=C(O)[C@@H]1CCCN1. The van der Waals surface area contributed by atoms with Crippen molar-refractivity contribution in [2.24, 2.45) is 46.2 Å². The third-order valence-electron chi connectivity index (χ3n) is 5.93. The largest absolute Gasteiger partial charge is 0.480 e. The minimum Gasteiger partial charge on any atom is -0.480 e. The van der Waals surface area contributed by atoms with E-state index < -0.39 is 72.0 Å². The van der Waals surface area contributed by atoms with E-state index in [0.717, 1.165) is 31.6 Å². The Balaban J connectivity index is -0.000000120. The van der Waals surface area contributed by atoms with Gasteiger partial charge in [-0.1, -0.05) is 34.1 Å². The first-order chi connectivity index (χ1) is 23.7. The Kier molecular flexibility index (Phi) is 45.5. The molecule has 20 N–H and O–H groups in total. The second-order valence-corrected chi connectivity index (χ2v) is 12.3. The third-order valence-corrected chi connectivity index (χ3v) is 6.97. The summed E-state index contributed by atoms with van der Waals surface area (Å²) < 4.78 is 0. The fourth-order valence-electron chi connectivity index (χ4n) is 2.12. The molecule has 0 spiro atoms. The van der Waals surface area contributed by atoms with Crippen LogP contribution in [0, 0.1) is 11.8 Å². The second-order valence-electron chi connectivity index (χ2n) is 10.9. The average molecular weight is 798 g/mol. The number of nitrogens with one attached hydrogen (secondary N) is 1. The van der Waals surface area contributed by atoms with E-state index in [9.17, 15) is 33.6 Å². The molecular formula is C29H63N7O14S2. The van der Waals surface area contributed by atoms with Crippen LogP contribution in [0.15, 0.2) is 0 Å². The van der Waals surface area contributed by atoms with Crippen LogP contribution >= 0.6 is 24.4 Å². The molecule has 0 aliphatic carbocycles. The minimum absolute atomic E-state index is 0.0208. The number of nitrogens with two attached hydrogens (primary N) is 6. The summed E-state index contributed by atoms with van der Waals surface area (Å²) in [4.78, 5) is 69.0. The zero-order chi connectivity index (χ0) is 42.7. The maximum absolute atomic E-state index is 10.2. The van der Waals surface area contributed by atoms with Crippen LogP contribution in [0.5, 0.6) is 0 Å². The number of aliphatic carboxylic acids is 7. The highest BCUT2D eigenvalue weighted by atomic mass is 32.2. The average Bonchev–Trinajstić information content (AvgIpc) is 3.63. The predicted octanol–water partition coefficient (Wildman–Crippen LogP) is -1.75. The lowest BCUT2D eigenvalue weighted by Crippen LogP contribution is -2.36. The van der Waals surface area contributed by atoms with Gasteiger partial charge in [-0.3, -0.25) is 33.6 Å². The molecule has 1 aliphatic heterocycles. The van der Waals surface area contributed by atoms with E-state index >= 15 is 0 Å². The Labute approximate surface area is 314 Å². The van der Waals surface area contributed by atoms with Gasteiger partial charge in [-0.25, -0.2) is 0 Å². The molecular weight excluding hydrogens is 734 g/mol. The van der Waals surface area contributed by atoms with Crippen LogP contribution in [0.2, 0.25) is 0 Å². The first-order valence-corrected chi connectivity index (χ1v) is 17.7. The van der Waals surface area contributed by atoms with Crippen LogP contribution in [-0.4, -0.2) is 145 Å². The highest BCUT2D eigenvalue weighted by molar-refractivity contribution is 7.98. The lowest BCUT2D eigenvalue weighted by atomic mass is 10.0. The molecule has 23 heteroatoms. The van der Waals surface area contributed by atoms with Crippen LogP contribution in [0.25, 0.3) is 0 Å². The molecule has 0 aromatic carbocycles. The summed E-state index contributed by atoms with van der Waals surface area (Å²) in [5.74, 6) is -5.32. The van der Waals surface area contributed by atoms with Crippen molar-refractivity contribution >= 4 is 66.2 Å². The molecule has 21 nitrogen and oxygen atoms in total. The van der Waals surface area contributed by atoms with Crippen molar-refractivity contribution in [1.82, 2.24) is 5.32 Å². The van der Waals surface area contributed by atoms with Gasteiger partial charge in [-0.2, -0.15) is 24.4 Å². The minimum atomic E-state index is -1.00. The number of thiol groups is 1. The summed E-state index contributed by atoms with van der Waals surface area (Å²) in [5, 5.41) is 59.5. The van der Waals surface area contributed by atoms with Crippen LogP contribution in [0.1, 0.15) is 60.3 Å². The Morgan fingerprint density at radius 3 is 1.27 bits per heavy atom. The zero-order valence-electron chi connectivity index (χ0n) is 30.6. The molecule has 0 bridgehead atoms. The number of carboxylic acid groups (broad SMARTS) is 7. The van der Waals surface area contributed by atoms with Gasteiger partial charge in [0.05, 0.1) is 6.54 Å². The van der Waals surface area contributed by atoms with Crippen LogP contribution in [0.4, 0.5) is 0 Å². The van der Waals surface area contributed by atoms with Gasteiger partial charge in [0, 0.05) is 5.75 Å². The summed E-state index contributed by atoms with van der Waals surface area (Å²) in [5.41, 5.74) is 30.0. The van der Waals surface area contributed by atoms with Gasteiger partial charge in [0.25, 0.3) is 0 Å². The van der Waals surface area contributed by atoms with Gasteiger partial charge in [0.2, 0.25) is 0 Å². The van der Waals surface area contributed by atoms with E-state index in [1.165, 1.54) is 6.92 Å². The number of rotatable bonds is 14. The van der Waals surface area contributed by atoms with Crippen molar-refractivity contribution in [3.63, 3.8) is 0 Å². The topological polar surface area (TPSA) is 429 Å². The molecule has 1 saturated heterocycles. The fraction of sp³-hybridized carbons (Fsp3) is 0.759. The summed E-state index contributed by atoms with van der Waals surface area (Å²) in [6.07, 6.45) is 5.07. The molecule has 0 aromatic heterocycles. The van der Waals surface area contributed by atoms with Gasteiger partial charge in [0.1, 0.15) is 36.3 Å². The van der Waals surface area contributed by atoms with E-state index in [2.05, 4.69) is 23.7 Å². The first-order valence-electron chi connectivity index (χ1n) is 15.6. The van der Waals surface area contributed by atoms with E-state index in [-0.39, 0.29) is 30.2 Å². The van der Waals surface area contributed by atoms with Crippen molar-refractivity contribution in [2.45, 2.75) is 96.6 Å². The molecule has 1 heterocycles. The number of carbonyl (C=O) groups is 7. The van der Waals surface area contributed by atoms with Crippen LogP contribution < -0.4 is 39.7 Å². The Hall–Kier alpha value is -3.29. The van der Waals surface area contributed by atoms with Crippen molar-refractivity contribution < 1.29 is 69.3 Å². The van der Waals surface area contributed by atoms with E-state index in [1.807, 2.05) is 20.1 Å². The lowest BCUT2D eigenvalue weighted by molar-refractivity contribution is -0.140. The van der Waals surface area contributed by atoms with Crippen molar-refractivity contribution in [3.05, 3.63) is 0 Å². The van der Waals surface area contributed by atoms with Gasteiger partial charge in [0.15, 0.2) is 0 Å². The van der Waals surface area contributed by atoms with E-state index in [0.29, 0.717) is 6.42 Å². The molecule has 6 unspecified atom stereocenters.